The minimum atomic E-state index is -3.75. The molecule has 0 aliphatic carbocycles. The number of carbonyl (C=O) groups is 1. The Kier molecular flexibility index (Phi) is 6.70. The fourth-order valence-corrected chi connectivity index (χ4v) is 4.99. The van der Waals surface area contributed by atoms with E-state index in [4.69, 9.17) is 9.26 Å². The zero-order valence-electron chi connectivity index (χ0n) is 18.0. The second-order valence-corrected chi connectivity index (χ2v) is 9.48. The average molecular weight is 475 g/mol. The summed E-state index contributed by atoms with van der Waals surface area (Å²) in [4.78, 5) is 18.7. The van der Waals surface area contributed by atoms with Crippen LogP contribution in [-0.4, -0.2) is 59.8 Å². The minimum absolute atomic E-state index is 0.0373. The molecule has 1 aliphatic rings. The van der Waals surface area contributed by atoms with Crippen LogP contribution in [0.4, 0.5) is 4.39 Å². The smallest absolute Gasteiger partial charge is 0.253 e. The molecule has 2 aromatic carbocycles. The summed E-state index contributed by atoms with van der Waals surface area (Å²) in [5.41, 5.74) is 0.479. The maximum absolute atomic E-state index is 13.2. The quantitative estimate of drug-likeness (QED) is 0.541. The van der Waals surface area contributed by atoms with Gasteiger partial charge in [-0.2, -0.15) is 9.29 Å². The number of nitrogens with zero attached hydrogens (tertiary/aromatic N) is 4. The molecule has 2 heterocycles. The molecule has 0 bridgehead atoms. The van der Waals surface area contributed by atoms with E-state index in [0.717, 1.165) is 12.1 Å². The molecule has 1 saturated heterocycles. The number of aryl methyl sites for hydroxylation is 1. The van der Waals surface area contributed by atoms with Crippen LogP contribution < -0.4 is 4.74 Å². The molecule has 0 unspecified atom stereocenters. The van der Waals surface area contributed by atoms with Crippen LogP contribution >= 0.6 is 0 Å². The van der Waals surface area contributed by atoms with Gasteiger partial charge in [0.15, 0.2) is 6.61 Å². The zero-order chi connectivity index (χ0) is 23.4. The van der Waals surface area contributed by atoms with E-state index in [0.29, 0.717) is 36.0 Å². The van der Waals surface area contributed by atoms with Gasteiger partial charge in [-0.25, -0.2) is 12.8 Å². The molecule has 1 aromatic heterocycles. The Morgan fingerprint density at radius 1 is 1.06 bits per heavy atom. The van der Waals surface area contributed by atoms with Crippen molar-refractivity contribution in [3.63, 3.8) is 0 Å². The van der Waals surface area contributed by atoms with E-state index in [9.17, 15) is 17.6 Å². The van der Waals surface area contributed by atoms with Crippen LogP contribution in [0.5, 0.6) is 5.75 Å². The van der Waals surface area contributed by atoms with Gasteiger partial charge in [0.1, 0.15) is 11.6 Å². The van der Waals surface area contributed by atoms with E-state index in [1.807, 2.05) is 0 Å². The van der Waals surface area contributed by atoms with Crippen molar-refractivity contribution >= 4 is 15.9 Å². The van der Waals surface area contributed by atoms with Gasteiger partial charge in [-0.1, -0.05) is 5.16 Å². The number of rotatable bonds is 6. The molecule has 0 spiro atoms. The lowest BCUT2D eigenvalue weighted by atomic mass is 10.2. The first-order valence-electron chi connectivity index (χ1n) is 10.4. The average Bonchev–Trinajstić information content (AvgIpc) is 3.06. The fraction of sp³-hybridized carbons (Fsp3) is 0.318. The molecule has 1 amide bonds. The van der Waals surface area contributed by atoms with Crippen molar-refractivity contribution in [1.82, 2.24) is 19.3 Å². The standard InChI is InChI=1S/C22H23FN4O5S/c1-16-24-21(25-32-16)15-31-19-7-3-17(4-8-19)22(28)26-11-2-12-27(14-13-26)33(29,30)20-9-5-18(23)6-10-20/h3-10H,2,11-15H2,1H3. The highest BCUT2D eigenvalue weighted by Crippen LogP contribution is 2.20. The molecule has 0 atom stereocenters. The Morgan fingerprint density at radius 3 is 2.45 bits per heavy atom. The highest BCUT2D eigenvalue weighted by Gasteiger charge is 2.28. The number of aromatic nitrogens is 2. The molecule has 0 saturated carbocycles. The first-order chi connectivity index (χ1) is 15.8. The van der Waals surface area contributed by atoms with Gasteiger partial charge in [-0.15, -0.1) is 0 Å². The predicted molar refractivity (Wildman–Crippen MR) is 115 cm³/mol. The van der Waals surface area contributed by atoms with Crippen LogP contribution in [0.3, 0.4) is 0 Å². The first kappa shape index (κ1) is 22.9. The Labute approximate surface area is 190 Å². The lowest BCUT2D eigenvalue weighted by Crippen LogP contribution is -2.37. The molecule has 0 N–H and O–H groups in total. The first-order valence-corrected chi connectivity index (χ1v) is 11.8. The Bertz CT molecular complexity index is 1210. The molecule has 3 aromatic rings. The van der Waals surface area contributed by atoms with E-state index in [-0.39, 0.29) is 37.0 Å². The molecule has 11 heteroatoms. The highest BCUT2D eigenvalue weighted by molar-refractivity contribution is 7.89. The third kappa shape index (κ3) is 5.37. The van der Waals surface area contributed by atoms with Gasteiger partial charge < -0.3 is 14.2 Å². The van der Waals surface area contributed by atoms with E-state index < -0.39 is 15.8 Å². The van der Waals surface area contributed by atoms with Crippen molar-refractivity contribution in [2.24, 2.45) is 0 Å². The topological polar surface area (TPSA) is 106 Å². The van der Waals surface area contributed by atoms with Crippen LogP contribution in [0.1, 0.15) is 28.5 Å². The van der Waals surface area contributed by atoms with Gasteiger partial charge in [0.05, 0.1) is 4.90 Å². The minimum Gasteiger partial charge on any atom is -0.485 e. The normalized spacial score (nSPS) is 15.3. The van der Waals surface area contributed by atoms with Gasteiger partial charge in [0.2, 0.25) is 21.7 Å². The molecule has 1 fully saturated rings. The van der Waals surface area contributed by atoms with E-state index >= 15 is 0 Å². The molecular formula is C22H23FN4O5S. The Balaban J connectivity index is 1.36. The molecule has 9 nitrogen and oxygen atoms in total. The van der Waals surface area contributed by atoms with Crippen LogP contribution in [-0.2, 0) is 16.6 Å². The van der Waals surface area contributed by atoms with Gasteiger partial charge in [0.25, 0.3) is 5.91 Å². The maximum Gasteiger partial charge on any atom is 0.253 e. The number of ether oxygens (including phenoxy) is 1. The number of hydrogen-bond donors (Lipinski definition) is 0. The van der Waals surface area contributed by atoms with Crippen molar-refractivity contribution in [3.05, 3.63) is 71.6 Å². The van der Waals surface area contributed by atoms with E-state index in [1.165, 1.54) is 16.4 Å². The van der Waals surface area contributed by atoms with Crippen LogP contribution in [0.25, 0.3) is 0 Å². The highest BCUT2D eigenvalue weighted by atomic mass is 32.2. The van der Waals surface area contributed by atoms with Gasteiger partial charge >= 0.3 is 0 Å². The number of halogens is 1. The van der Waals surface area contributed by atoms with Gasteiger partial charge in [-0.3, -0.25) is 4.79 Å². The summed E-state index contributed by atoms with van der Waals surface area (Å²) in [6, 6.07) is 11.4. The van der Waals surface area contributed by atoms with Crippen molar-refractivity contribution in [3.8, 4) is 5.75 Å². The summed E-state index contributed by atoms with van der Waals surface area (Å²) in [5.74, 6) is 0.758. The fourth-order valence-electron chi connectivity index (χ4n) is 3.52. The number of amides is 1. The number of sulfonamides is 1. The summed E-state index contributed by atoms with van der Waals surface area (Å²) in [6.45, 7) is 2.98. The zero-order valence-corrected chi connectivity index (χ0v) is 18.8. The maximum atomic E-state index is 13.2. The SMILES string of the molecule is Cc1nc(COc2ccc(C(=O)N3CCCN(S(=O)(=O)c4ccc(F)cc4)CC3)cc2)no1. The van der Waals surface area contributed by atoms with E-state index in [2.05, 4.69) is 10.1 Å². The number of hydrogen-bond acceptors (Lipinski definition) is 7. The number of benzene rings is 2. The lowest BCUT2D eigenvalue weighted by Gasteiger charge is -2.22. The molecule has 0 radical (unpaired) electrons. The monoisotopic (exact) mass is 474 g/mol. The van der Waals surface area contributed by atoms with Crippen molar-refractivity contribution in [2.75, 3.05) is 26.2 Å². The van der Waals surface area contributed by atoms with Gasteiger partial charge in [0, 0.05) is 38.7 Å². The predicted octanol–water partition coefficient (Wildman–Crippen LogP) is 2.63. The van der Waals surface area contributed by atoms with E-state index in [1.54, 1.807) is 36.1 Å². The summed E-state index contributed by atoms with van der Waals surface area (Å²) < 4.78 is 50.7. The van der Waals surface area contributed by atoms with Crippen molar-refractivity contribution < 1.29 is 26.9 Å². The second kappa shape index (κ2) is 9.67. The van der Waals surface area contributed by atoms with Crippen molar-refractivity contribution in [1.29, 1.82) is 0 Å². The third-order valence-corrected chi connectivity index (χ3v) is 7.15. The number of carbonyl (C=O) groups excluding carboxylic acids is 1. The second-order valence-electron chi connectivity index (χ2n) is 7.55. The van der Waals surface area contributed by atoms with Gasteiger partial charge in [-0.05, 0) is 55.0 Å². The molecule has 1 aliphatic heterocycles. The van der Waals surface area contributed by atoms with Crippen LogP contribution in [0.2, 0.25) is 0 Å². The summed E-state index contributed by atoms with van der Waals surface area (Å²) in [7, 11) is -3.75. The Morgan fingerprint density at radius 2 is 1.79 bits per heavy atom. The molecule has 4 rings (SSSR count). The molecule has 33 heavy (non-hydrogen) atoms. The summed E-state index contributed by atoms with van der Waals surface area (Å²) in [5, 5.41) is 3.76. The van der Waals surface area contributed by atoms with Crippen LogP contribution in [0.15, 0.2) is 57.9 Å². The summed E-state index contributed by atoms with van der Waals surface area (Å²) >= 11 is 0. The Hall–Kier alpha value is -3.31. The molecule has 174 valence electrons. The third-order valence-electron chi connectivity index (χ3n) is 5.23. The van der Waals surface area contributed by atoms with Crippen molar-refractivity contribution in [2.45, 2.75) is 24.8 Å². The summed E-state index contributed by atoms with van der Waals surface area (Å²) in [6.07, 6.45) is 0.497. The van der Waals surface area contributed by atoms with Crippen LogP contribution in [0, 0.1) is 12.7 Å². The largest absolute Gasteiger partial charge is 0.485 e. The molecular weight excluding hydrogens is 451 g/mol. The lowest BCUT2D eigenvalue weighted by molar-refractivity contribution is 0.0764.